The van der Waals surface area contributed by atoms with E-state index in [1.165, 1.54) is 11.1 Å². The molecule has 6 nitrogen and oxygen atoms in total. The highest BCUT2D eigenvalue weighted by atomic mass is 79.9. The van der Waals surface area contributed by atoms with E-state index in [1.807, 2.05) is 17.2 Å². The van der Waals surface area contributed by atoms with Crippen LogP contribution < -0.4 is 4.90 Å². The Balaban J connectivity index is 1.45. The summed E-state index contributed by atoms with van der Waals surface area (Å²) in [7, 11) is 2.16. The number of rotatable bonds is 3. The topological polar surface area (TPSA) is 54.5 Å². The van der Waals surface area contributed by atoms with Crippen molar-refractivity contribution >= 4 is 27.5 Å². The van der Waals surface area contributed by atoms with Gasteiger partial charge in [-0.05, 0) is 66.6 Å². The van der Waals surface area contributed by atoms with Gasteiger partial charge in [0, 0.05) is 30.4 Å². The number of furan rings is 1. The Hall–Kier alpha value is -2.38. The molecule has 2 aromatic heterocycles. The molecule has 0 N–H and O–H groups in total. The van der Waals surface area contributed by atoms with E-state index in [0.29, 0.717) is 24.0 Å². The molecule has 1 fully saturated rings. The number of carbonyl (C=O) groups excluding carboxylic acids is 1. The summed E-state index contributed by atoms with van der Waals surface area (Å²) >= 11 is 3.40. The maximum Gasteiger partial charge on any atom is 0.294 e. The van der Waals surface area contributed by atoms with Gasteiger partial charge in [0.25, 0.3) is 5.91 Å². The number of benzene rings is 1. The van der Waals surface area contributed by atoms with Gasteiger partial charge in [-0.3, -0.25) is 9.48 Å². The lowest BCUT2D eigenvalue weighted by atomic mass is 9.89. The number of piperidine rings is 1. The van der Waals surface area contributed by atoms with Gasteiger partial charge in [-0.2, -0.15) is 5.10 Å². The zero-order valence-electron chi connectivity index (χ0n) is 16.5. The Kier molecular flexibility index (Phi) is 4.59. The molecule has 150 valence electrons. The summed E-state index contributed by atoms with van der Waals surface area (Å²) in [6, 6.07) is 10.2. The monoisotopic (exact) mass is 454 g/mol. The number of hydrogen-bond donors (Lipinski definition) is 0. The predicted molar refractivity (Wildman–Crippen MR) is 114 cm³/mol. The Bertz CT molecular complexity index is 1070. The summed E-state index contributed by atoms with van der Waals surface area (Å²) in [5.41, 5.74) is 3.54. The Morgan fingerprint density at radius 1 is 1.31 bits per heavy atom. The van der Waals surface area contributed by atoms with Gasteiger partial charge < -0.3 is 14.2 Å². The molecule has 2 aliphatic rings. The predicted octanol–water partition coefficient (Wildman–Crippen LogP) is 4.04. The zero-order valence-corrected chi connectivity index (χ0v) is 18.1. The van der Waals surface area contributed by atoms with Crippen molar-refractivity contribution < 1.29 is 9.21 Å². The third-order valence-corrected chi connectivity index (χ3v) is 6.37. The van der Waals surface area contributed by atoms with Crippen LogP contribution >= 0.6 is 15.9 Å². The summed E-state index contributed by atoms with van der Waals surface area (Å²) in [6.07, 6.45) is 4.58. The van der Waals surface area contributed by atoms with Crippen molar-refractivity contribution in [3.63, 3.8) is 0 Å². The molecule has 0 spiro atoms. The molecule has 1 saturated heterocycles. The molecule has 7 heteroatoms. The van der Waals surface area contributed by atoms with Gasteiger partial charge in [0.2, 0.25) is 0 Å². The molecule has 4 heterocycles. The summed E-state index contributed by atoms with van der Waals surface area (Å²) in [5, 5.41) is 4.25. The first kappa shape index (κ1) is 18.6. The lowest BCUT2D eigenvalue weighted by molar-refractivity contribution is 0.0935. The SMILES string of the molecule is Cc1ccc2c(c1)[C@H]1CN(C)CC[C@H]1N2C(=O)c1ccc(Cn2cc(Br)cn2)o1. The van der Waals surface area contributed by atoms with Gasteiger partial charge in [0.1, 0.15) is 5.76 Å². The van der Waals surface area contributed by atoms with Crippen LogP contribution in [0.1, 0.15) is 39.8 Å². The fourth-order valence-electron chi connectivity index (χ4n) is 4.63. The molecular formula is C22H23BrN4O2. The number of halogens is 1. The van der Waals surface area contributed by atoms with Crippen LogP contribution in [-0.4, -0.2) is 46.8 Å². The van der Waals surface area contributed by atoms with E-state index in [4.69, 9.17) is 4.42 Å². The molecule has 0 aliphatic carbocycles. The van der Waals surface area contributed by atoms with E-state index >= 15 is 0 Å². The molecule has 1 aromatic carbocycles. The highest BCUT2D eigenvalue weighted by Crippen LogP contribution is 2.45. The zero-order chi connectivity index (χ0) is 20.1. The van der Waals surface area contributed by atoms with Crippen molar-refractivity contribution in [1.82, 2.24) is 14.7 Å². The third-order valence-electron chi connectivity index (χ3n) is 5.96. The van der Waals surface area contributed by atoms with E-state index in [1.54, 1.807) is 16.9 Å². The quantitative estimate of drug-likeness (QED) is 0.598. The highest BCUT2D eigenvalue weighted by Gasteiger charge is 2.44. The van der Waals surface area contributed by atoms with E-state index in [-0.39, 0.29) is 11.9 Å². The van der Waals surface area contributed by atoms with Crippen molar-refractivity contribution in [2.24, 2.45) is 0 Å². The van der Waals surface area contributed by atoms with Gasteiger partial charge in [0.05, 0.1) is 17.2 Å². The molecular weight excluding hydrogens is 432 g/mol. The summed E-state index contributed by atoms with van der Waals surface area (Å²) in [6.45, 7) is 4.57. The van der Waals surface area contributed by atoms with Crippen molar-refractivity contribution in [3.05, 3.63) is 69.8 Å². The first-order chi connectivity index (χ1) is 14.0. The minimum Gasteiger partial charge on any atom is -0.454 e. The number of aryl methyl sites for hydroxylation is 1. The van der Waals surface area contributed by atoms with Crippen LogP contribution in [0.2, 0.25) is 0 Å². The number of likely N-dealkylation sites (tertiary alicyclic amines) is 1. The number of anilines is 1. The normalized spacial score (nSPS) is 21.3. The smallest absolute Gasteiger partial charge is 0.294 e. The van der Waals surface area contributed by atoms with Crippen LogP contribution in [0.5, 0.6) is 0 Å². The fraction of sp³-hybridized carbons (Fsp3) is 0.364. The number of amides is 1. The largest absolute Gasteiger partial charge is 0.454 e. The number of fused-ring (bicyclic) bond motifs is 3. The van der Waals surface area contributed by atoms with Gasteiger partial charge in [-0.1, -0.05) is 17.7 Å². The first-order valence-corrected chi connectivity index (χ1v) is 10.7. The van der Waals surface area contributed by atoms with Crippen LogP contribution in [-0.2, 0) is 6.54 Å². The van der Waals surface area contributed by atoms with Crippen LogP contribution in [0.25, 0.3) is 0 Å². The van der Waals surface area contributed by atoms with E-state index in [2.05, 4.69) is 58.1 Å². The highest BCUT2D eigenvalue weighted by molar-refractivity contribution is 9.10. The van der Waals surface area contributed by atoms with Crippen molar-refractivity contribution in [2.75, 3.05) is 25.0 Å². The summed E-state index contributed by atoms with van der Waals surface area (Å²) < 4.78 is 8.62. The van der Waals surface area contributed by atoms with Crippen molar-refractivity contribution in [1.29, 1.82) is 0 Å². The van der Waals surface area contributed by atoms with Gasteiger partial charge in [-0.25, -0.2) is 0 Å². The summed E-state index contributed by atoms with van der Waals surface area (Å²) in [5.74, 6) is 1.40. The molecule has 0 saturated carbocycles. The number of hydrogen-bond acceptors (Lipinski definition) is 4. The van der Waals surface area contributed by atoms with Gasteiger partial charge >= 0.3 is 0 Å². The fourth-order valence-corrected chi connectivity index (χ4v) is 4.96. The van der Waals surface area contributed by atoms with E-state index in [0.717, 1.165) is 29.7 Å². The molecule has 2 atom stereocenters. The average Bonchev–Trinajstić information content (AvgIpc) is 3.39. The van der Waals surface area contributed by atoms with Crippen molar-refractivity contribution in [3.8, 4) is 0 Å². The van der Waals surface area contributed by atoms with Crippen LogP contribution in [0.4, 0.5) is 5.69 Å². The maximum atomic E-state index is 13.5. The van der Waals surface area contributed by atoms with Gasteiger partial charge in [0.15, 0.2) is 5.76 Å². The van der Waals surface area contributed by atoms with E-state index < -0.39 is 0 Å². The van der Waals surface area contributed by atoms with Crippen LogP contribution in [0, 0.1) is 6.92 Å². The summed E-state index contributed by atoms with van der Waals surface area (Å²) in [4.78, 5) is 17.8. The molecule has 5 rings (SSSR count). The number of carbonyl (C=O) groups is 1. The Morgan fingerprint density at radius 2 is 2.17 bits per heavy atom. The number of aromatic nitrogens is 2. The molecule has 1 amide bonds. The molecule has 0 bridgehead atoms. The lowest BCUT2D eigenvalue weighted by Gasteiger charge is -2.36. The standard InChI is InChI=1S/C22H23BrN4O2/c1-14-3-5-19-17(9-14)18-13-25(2)8-7-20(18)27(19)22(28)21-6-4-16(29-21)12-26-11-15(23)10-24-26/h3-6,9-11,18,20H,7-8,12-13H2,1-2H3/t18-,20-/m1/s1. The third kappa shape index (κ3) is 3.32. The molecule has 2 aliphatic heterocycles. The van der Waals surface area contributed by atoms with Gasteiger partial charge in [-0.15, -0.1) is 0 Å². The second-order valence-electron chi connectivity index (χ2n) is 8.08. The van der Waals surface area contributed by atoms with Crippen LogP contribution in [0.3, 0.4) is 0 Å². The van der Waals surface area contributed by atoms with E-state index in [9.17, 15) is 4.79 Å². The number of likely N-dealkylation sites (N-methyl/N-ethyl adjacent to an activating group) is 1. The molecule has 3 aromatic rings. The van der Waals surface area contributed by atoms with Crippen LogP contribution in [0.15, 0.2) is 51.6 Å². The molecule has 0 radical (unpaired) electrons. The Morgan fingerprint density at radius 3 is 2.97 bits per heavy atom. The number of nitrogens with zero attached hydrogens (tertiary/aromatic N) is 4. The lowest BCUT2D eigenvalue weighted by Crippen LogP contribution is -2.47. The Labute approximate surface area is 178 Å². The molecule has 29 heavy (non-hydrogen) atoms. The second-order valence-corrected chi connectivity index (χ2v) is 9.00. The van der Waals surface area contributed by atoms with Crippen molar-refractivity contribution in [2.45, 2.75) is 31.8 Å². The maximum absolute atomic E-state index is 13.5. The molecule has 0 unspecified atom stereocenters. The minimum atomic E-state index is -0.0555. The minimum absolute atomic E-state index is 0.0555. The average molecular weight is 455 g/mol. The first-order valence-electron chi connectivity index (χ1n) is 9.89. The second kappa shape index (κ2) is 7.15.